The molecule has 0 radical (unpaired) electrons. The van der Waals surface area contributed by atoms with E-state index in [-0.39, 0.29) is 11.5 Å². The second-order valence-electron chi connectivity index (χ2n) is 8.28. The maximum Gasteiger partial charge on any atom is 0.346 e. The van der Waals surface area contributed by atoms with Crippen molar-refractivity contribution in [3.63, 3.8) is 0 Å². The van der Waals surface area contributed by atoms with E-state index in [0.29, 0.717) is 37.5 Å². The Hall–Kier alpha value is -2.71. The molecule has 1 fully saturated rings. The second kappa shape index (κ2) is 10.7. The summed E-state index contributed by atoms with van der Waals surface area (Å²) in [5.41, 5.74) is 1.15. The van der Waals surface area contributed by atoms with Gasteiger partial charge in [-0.05, 0) is 65.5 Å². The van der Waals surface area contributed by atoms with Gasteiger partial charge in [0.25, 0.3) is 5.56 Å². The second-order valence-corrected chi connectivity index (χ2v) is 9.54. The normalized spacial score (nSPS) is 15.5. The van der Waals surface area contributed by atoms with Crippen molar-refractivity contribution in [2.75, 3.05) is 7.11 Å². The van der Waals surface area contributed by atoms with E-state index in [9.17, 15) is 9.59 Å². The molecular weight excluding hydrogens is 522 g/mol. The van der Waals surface area contributed by atoms with Gasteiger partial charge in [-0.1, -0.05) is 43.0 Å². The van der Waals surface area contributed by atoms with Gasteiger partial charge in [0, 0.05) is 5.92 Å². The van der Waals surface area contributed by atoms with Gasteiger partial charge in [0.15, 0.2) is 11.9 Å². The van der Waals surface area contributed by atoms with Gasteiger partial charge in [0.1, 0.15) is 5.82 Å². The number of nitrogens with zero attached hydrogens (tertiary/aromatic N) is 3. The fraction of sp³-hybridized carbons (Fsp3) is 0.360. The molecule has 3 aromatic rings. The highest BCUT2D eigenvalue weighted by molar-refractivity contribution is 9.10. The van der Waals surface area contributed by atoms with Crippen LogP contribution < -0.4 is 10.3 Å². The van der Waals surface area contributed by atoms with E-state index in [2.05, 4.69) is 21.0 Å². The summed E-state index contributed by atoms with van der Waals surface area (Å²) in [6.45, 7) is 1.58. The number of fused-ring (bicyclic) bond motifs is 1. The van der Waals surface area contributed by atoms with Crippen LogP contribution >= 0.6 is 27.5 Å². The highest BCUT2D eigenvalue weighted by atomic mass is 79.9. The Kier molecular flexibility index (Phi) is 7.68. The number of rotatable bonds is 6. The van der Waals surface area contributed by atoms with Crippen LogP contribution in [0.1, 0.15) is 56.3 Å². The van der Waals surface area contributed by atoms with E-state index in [4.69, 9.17) is 26.1 Å². The van der Waals surface area contributed by atoms with Gasteiger partial charge < -0.3 is 9.47 Å². The Balaban J connectivity index is 1.71. The largest absolute Gasteiger partial charge is 0.476 e. The van der Waals surface area contributed by atoms with Crippen molar-refractivity contribution in [1.29, 1.82) is 0 Å². The molecule has 0 saturated heterocycles. The van der Waals surface area contributed by atoms with Gasteiger partial charge in [-0.25, -0.2) is 9.78 Å². The molecule has 1 aliphatic rings. The van der Waals surface area contributed by atoms with E-state index in [0.717, 1.165) is 25.7 Å². The third-order valence-electron chi connectivity index (χ3n) is 5.92. The van der Waals surface area contributed by atoms with Crippen LogP contribution in [-0.2, 0) is 9.53 Å². The molecule has 1 heterocycles. The van der Waals surface area contributed by atoms with Gasteiger partial charge in [-0.3, -0.25) is 4.79 Å². The van der Waals surface area contributed by atoms with E-state index < -0.39 is 12.1 Å². The first-order valence-electron chi connectivity index (χ1n) is 11.2. The van der Waals surface area contributed by atoms with Crippen LogP contribution in [0.4, 0.5) is 0 Å². The van der Waals surface area contributed by atoms with Crippen molar-refractivity contribution >= 4 is 50.6 Å². The molecule has 178 valence electrons. The smallest absolute Gasteiger partial charge is 0.346 e. The van der Waals surface area contributed by atoms with E-state index >= 15 is 0 Å². The number of esters is 1. The summed E-state index contributed by atoms with van der Waals surface area (Å²) in [5, 5.41) is 5.36. The molecular formula is C25H25BrClN3O4. The topological polar surface area (TPSA) is 82.8 Å². The number of halogens is 2. The van der Waals surface area contributed by atoms with Crippen molar-refractivity contribution in [2.45, 2.75) is 51.0 Å². The zero-order chi connectivity index (χ0) is 24.2. The van der Waals surface area contributed by atoms with Crippen molar-refractivity contribution in [1.82, 2.24) is 9.66 Å². The number of aromatic nitrogens is 2. The molecule has 2 aromatic carbocycles. The van der Waals surface area contributed by atoms with Crippen molar-refractivity contribution in [3.05, 3.63) is 67.6 Å². The fourth-order valence-corrected chi connectivity index (χ4v) is 5.12. The summed E-state index contributed by atoms with van der Waals surface area (Å²) in [6, 6.07) is 10.8. The van der Waals surface area contributed by atoms with Crippen molar-refractivity contribution in [2.24, 2.45) is 5.10 Å². The number of benzene rings is 2. The summed E-state index contributed by atoms with van der Waals surface area (Å²) < 4.78 is 12.3. The number of hydrogen-bond acceptors (Lipinski definition) is 6. The molecule has 7 nitrogen and oxygen atoms in total. The predicted octanol–water partition coefficient (Wildman–Crippen LogP) is 5.68. The minimum atomic E-state index is -0.821. The summed E-state index contributed by atoms with van der Waals surface area (Å²) >= 11 is 9.86. The summed E-state index contributed by atoms with van der Waals surface area (Å²) in [4.78, 5) is 29.8. The molecule has 9 heteroatoms. The molecule has 0 amide bonds. The number of hydrogen-bond donors (Lipinski definition) is 0. The number of carbonyl (C=O) groups is 1. The lowest BCUT2D eigenvalue weighted by Crippen LogP contribution is -2.25. The molecule has 1 atom stereocenters. The Morgan fingerprint density at radius 2 is 2.00 bits per heavy atom. The van der Waals surface area contributed by atoms with Crippen molar-refractivity contribution < 1.29 is 14.3 Å². The van der Waals surface area contributed by atoms with E-state index in [1.54, 1.807) is 31.3 Å². The molecule has 4 rings (SSSR count). The van der Waals surface area contributed by atoms with Gasteiger partial charge in [-0.15, -0.1) is 0 Å². The van der Waals surface area contributed by atoms with Crippen LogP contribution in [0.2, 0.25) is 5.02 Å². The Morgan fingerprint density at radius 3 is 2.71 bits per heavy atom. The summed E-state index contributed by atoms with van der Waals surface area (Å²) in [5.74, 6) is 0.696. The lowest BCUT2D eigenvalue weighted by molar-refractivity contribution is -0.147. The number of ether oxygens (including phenoxy) is 2. The van der Waals surface area contributed by atoms with Crippen LogP contribution in [0, 0.1) is 0 Å². The highest BCUT2D eigenvalue weighted by Crippen LogP contribution is 2.35. The monoisotopic (exact) mass is 545 g/mol. The maximum atomic E-state index is 13.3. The first-order chi connectivity index (χ1) is 16.4. The van der Waals surface area contributed by atoms with Crippen molar-refractivity contribution in [3.8, 4) is 5.75 Å². The van der Waals surface area contributed by atoms with Crippen LogP contribution in [-0.4, -0.2) is 35.1 Å². The molecule has 34 heavy (non-hydrogen) atoms. The molecule has 1 saturated carbocycles. The Bertz CT molecular complexity index is 1280. The standard InChI is InChI=1S/C25H25BrClN3O4/c1-15(25(32)33-2)34-22-19(26)12-16(13-20(22)27)14-28-30-23(17-8-4-3-5-9-17)29-21-11-7-6-10-18(21)24(30)31/h6-7,10-15,17H,3-5,8-9H2,1-2H3/t15-/m0/s1. The summed E-state index contributed by atoms with van der Waals surface area (Å²) in [7, 11) is 1.30. The first kappa shape index (κ1) is 24.4. The minimum Gasteiger partial charge on any atom is -0.476 e. The quantitative estimate of drug-likeness (QED) is 0.293. The Labute approximate surface area is 210 Å². The van der Waals surface area contributed by atoms with Gasteiger partial charge in [-0.2, -0.15) is 9.78 Å². The molecule has 0 aliphatic heterocycles. The fourth-order valence-electron chi connectivity index (χ4n) is 4.16. The Morgan fingerprint density at radius 1 is 1.26 bits per heavy atom. The van der Waals surface area contributed by atoms with Crippen LogP contribution in [0.25, 0.3) is 10.9 Å². The van der Waals surface area contributed by atoms with Crippen LogP contribution in [0.3, 0.4) is 0 Å². The SMILES string of the molecule is COC(=O)[C@H](C)Oc1c(Cl)cc(C=Nn2c(C3CCCCC3)nc3ccccc3c2=O)cc1Br. The average Bonchev–Trinajstić information content (AvgIpc) is 2.85. The lowest BCUT2D eigenvalue weighted by Gasteiger charge is -2.22. The lowest BCUT2D eigenvalue weighted by atomic mass is 9.88. The molecule has 0 spiro atoms. The average molecular weight is 547 g/mol. The minimum absolute atomic E-state index is 0.189. The molecule has 0 N–H and O–H groups in total. The van der Waals surface area contributed by atoms with Crippen LogP contribution in [0.15, 0.2) is 50.8 Å². The van der Waals surface area contributed by atoms with Gasteiger partial charge >= 0.3 is 5.97 Å². The third kappa shape index (κ3) is 5.18. The zero-order valence-corrected chi connectivity index (χ0v) is 21.3. The number of para-hydroxylation sites is 1. The van der Waals surface area contributed by atoms with E-state index in [1.807, 2.05) is 18.2 Å². The van der Waals surface area contributed by atoms with E-state index in [1.165, 1.54) is 18.2 Å². The predicted molar refractivity (Wildman–Crippen MR) is 136 cm³/mol. The van der Waals surface area contributed by atoms with Gasteiger partial charge in [0.05, 0.1) is 33.7 Å². The zero-order valence-electron chi connectivity index (χ0n) is 19.0. The molecule has 0 unspecified atom stereocenters. The molecule has 1 aliphatic carbocycles. The molecule has 1 aromatic heterocycles. The van der Waals surface area contributed by atoms with Crippen LogP contribution in [0.5, 0.6) is 5.75 Å². The van der Waals surface area contributed by atoms with Gasteiger partial charge in [0.2, 0.25) is 0 Å². The summed E-state index contributed by atoms with van der Waals surface area (Å²) in [6.07, 6.45) is 6.17. The maximum absolute atomic E-state index is 13.3. The third-order valence-corrected chi connectivity index (χ3v) is 6.79. The number of carbonyl (C=O) groups excluding carboxylic acids is 1. The highest BCUT2D eigenvalue weighted by Gasteiger charge is 2.23. The molecule has 0 bridgehead atoms. The first-order valence-corrected chi connectivity index (χ1v) is 12.4. The number of methoxy groups -OCH3 is 1.